The number of aromatic amines is 1. The number of nitrogens with zero attached hydrogens (tertiary/aromatic N) is 3. The molecule has 154 valence electrons. The molecule has 1 aliphatic carbocycles. The van der Waals surface area contributed by atoms with E-state index in [0.29, 0.717) is 28.0 Å². The minimum atomic E-state index is -2.88. The molecule has 3 aliphatic heterocycles. The molecule has 2 bridgehead atoms. The number of alkyl halides is 2. The summed E-state index contributed by atoms with van der Waals surface area (Å²) in [5, 5.41) is 10.1. The van der Waals surface area contributed by atoms with E-state index in [1.165, 1.54) is 0 Å². The number of hydrogen-bond donors (Lipinski definition) is 2. The Bertz CT molecular complexity index is 949. The fourth-order valence-electron chi connectivity index (χ4n) is 4.61. The van der Waals surface area contributed by atoms with Gasteiger partial charge in [-0.05, 0) is 62.9 Å². The monoisotopic (exact) mass is 403 g/mol. The highest BCUT2D eigenvalue weighted by Crippen LogP contribution is 2.34. The van der Waals surface area contributed by atoms with Gasteiger partial charge >= 0.3 is 6.55 Å². The van der Waals surface area contributed by atoms with E-state index in [2.05, 4.69) is 20.4 Å². The minimum absolute atomic E-state index is 0.00295. The number of halogens is 2. The van der Waals surface area contributed by atoms with Crippen LogP contribution >= 0.6 is 0 Å². The first-order valence-electron chi connectivity index (χ1n) is 10.1. The fraction of sp³-hybridized carbons (Fsp3) is 0.550. The predicted octanol–water partition coefficient (Wildman–Crippen LogP) is 2.67. The van der Waals surface area contributed by atoms with Crippen LogP contribution in [-0.4, -0.2) is 64.0 Å². The summed E-state index contributed by atoms with van der Waals surface area (Å²) < 4.78 is 27.9. The van der Waals surface area contributed by atoms with Crippen molar-refractivity contribution in [3.63, 3.8) is 0 Å². The van der Waals surface area contributed by atoms with Gasteiger partial charge in [-0.2, -0.15) is 13.9 Å². The van der Waals surface area contributed by atoms with Gasteiger partial charge in [-0.25, -0.2) is 0 Å². The summed E-state index contributed by atoms with van der Waals surface area (Å²) in [6.07, 6.45) is 3.48. The van der Waals surface area contributed by atoms with E-state index in [9.17, 15) is 18.4 Å². The summed E-state index contributed by atoms with van der Waals surface area (Å²) in [7, 11) is 0. The normalized spacial score (nSPS) is 26.1. The maximum absolute atomic E-state index is 13.9. The van der Waals surface area contributed by atoms with E-state index in [4.69, 9.17) is 0 Å². The number of amides is 2. The second-order valence-electron chi connectivity index (χ2n) is 8.29. The van der Waals surface area contributed by atoms with Crippen molar-refractivity contribution in [1.82, 2.24) is 20.0 Å². The molecule has 2 amide bonds. The SMILES string of the molecule is O=C(Nc1ccc2c(C(=O)N(C(F)F)[C@@H]3CN4CCC3CC4)n[nH]c2c1)C1CC1. The molecule has 0 radical (unpaired) electrons. The topological polar surface area (TPSA) is 81.3 Å². The third kappa shape index (κ3) is 3.37. The highest BCUT2D eigenvalue weighted by molar-refractivity contribution is 6.06. The third-order valence-electron chi connectivity index (χ3n) is 6.40. The minimum Gasteiger partial charge on any atom is -0.326 e. The van der Waals surface area contributed by atoms with Crippen LogP contribution in [0.3, 0.4) is 0 Å². The van der Waals surface area contributed by atoms with Gasteiger partial charge in [0.25, 0.3) is 5.91 Å². The second-order valence-corrected chi connectivity index (χ2v) is 8.29. The van der Waals surface area contributed by atoms with Gasteiger partial charge in [0.15, 0.2) is 5.69 Å². The molecular weight excluding hydrogens is 380 g/mol. The number of nitrogens with one attached hydrogen (secondary N) is 2. The standard InChI is InChI=1S/C20H23F2N5O2/c21-20(22)27(16-10-26-7-5-11(16)6-8-26)19(29)17-14-4-3-13(9-15(14)24-25-17)23-18(28)12-1-2-12/h3-4,9,11-12,16,20H,1-2,5-8,10H2,(H,23,28)(H,24,25)/t16-/m1/s1. The van der Waals surface area contributed by atoms with Gasteiger partial charge in [0.2, 0.25) is 5.91 Å². The first-order chi connectivity index (χ1) is 14.0. The van der Waals surface area contributed by atoms with Gasteiger partial charge in [-0.1, -0.05) is 0 Å². The Balaban J connectivity index is 1.41. The van der Waals surface area contributed by atoms with Gasteiger partial charge in [-0.15, -0.1) is 0 Å². The van der Waals surface area contributed by atoms with Gasteiger partial charge in [0.1, 0.15) is 0 Å². The summed E-state index contributed by atoms with van der Waals surface area (Å²) in [6.45, 7) is -0.572. The Labute approximate surface area is 166 Å². The lowest BCUT2D eigenvalue weighted by atomic mass is 9.83. The van der Waals surface area contributed by atoms with Crippen molar-refractivity contribution >= 4 is 28.4 Å². The molecule has 4 aliphatic rings. The molecule has 9 heteroatoms. The van der Waals surface area contributed by atoms with Crippen LogP contribution in [0.5, 0.6) is 0 Å². The Morgan fingerprint density at radius 2 is 1.97 bits per heavy atom. The zero-order chi connectivity index (χ0) is 20.1. The zero-order valence-electron chi connectivity index (χ0n) is 15.9. The van der Waals surface area contributed by atoms with Crippen molar-refractivity contribution in [1.29, 1.82) is 0 Å². The Kier molecular flexibility index (Phi) is 4.49. The number of rotatable bonds is 5. The van der Waals surface area contributed by atoms with Crippen LogP contribution < -0.4 is 5.32 Å². The zero-order valence-corrected chi connectivity index (χ0v) is 15.9. The van der Waals surface area contributed by atoms with Crippen molar-refractivity contribution in [3.05, 3.63) is 23.9 Å². The van der Waals surface area contributed by atoms with E-state index < -0.39 is 18.5 Å². The highest BCUT2D eigenvalue weighted by Gasteiger charge is 2.43. The molecule has 4 fully saturated rings. The molecule has 1 aromatic heterocycles. The number of hydrogen-bond acceptors (Lipinski definition) is 4. The summed E-state index contributed by atoms with van der Waals surface area (Å²) in [4.78, 5) is 27.9. The van der Waals surface area contributed by atoms with E-state index in [1.807, 2.05) is 0 Å². The summed E-state index contributed by atoms with van der Waals surface area (Å²) in [5.41, 5.74) is 1.13. The van der Waals surface area contributed by atoms with Gasteiger partial charge in [-0.3, -0.25) is 19.6 Å². The quantitative estimate of drug-likeness (QED) is 0.752. The van der Waals surface area contributed by atoms with Crippen LogP contribution in [-0.2, 0) is 4.79 Å². The molecular formula is C20H23F2N5O2. The smallest absolute Gasteiger partial charge is 0.318 e. The molecule has 2 aromatic rings. The summed E-state index contributed by atoms with van der Waals surface area (Å²) in [5.74, 6) is -0.593. The Morgan fingerprint density at radius 3 is 2.59 bits per heavy atom. The molecule has 0 spiro atoms. The number of benzene rings is 1. The molecule has 1 aromatic carbocycles. The van der Waals surface area contributed by atoms with Gasteiger partial charge in [0.05, 0.1) is 11.6 Å². The van der Waals surface area contributed by atoms with Crippen LogP contribution in [0, 0.1) is 11.8 Å². The number of carbonyl (C=O) groups excluding carboxylic acids is 2. The van der Waals surface area contributed by atoms with Crippen molar-refractivity contribution in [2.24, 2.45) is 11.8 Å². The van der Waals surface area contributed by atoms with Gasteiger partial charge < -0.3 is 10.2 Å². The summed E-state index contributed by atoms with van der Waals surface area (Å²) >= 11 is 0. The van der Waals surface area contributed by atoms with Crippen LogP contribution in [0.15, 0.2) is 18.2 Å². The van der Waals surface area contributed by atoms with Crippen LogP contribution in [0.2, 0.25) is 0 Å². The molecule has 29 heavy (non-hydrogen) atoms. The van der Waals surface area contributed by atoms with Crippen molar-refractivity contribution < 1.29 is 18.4 Å². The number of fused-ring (bicyclic) bond motifs is 4. The van der Waals surface area contributed by atoms with E-state index >= 15 is 0 Å². The highest BCUT2D eigenvalue weighted by atomic mass is 19.3. The molecule has 6 rings (SSSR count). The molecule has 1 saturated carbocycles. The summed E-state index contributed by atoms with van der Waals surface area (Å²) in [6, 6.07) is 4.51. The number of piperidine rings is 3. The van der Waals surface area contributed by atoms with Crippen LogP contribution in [0.4, 0.5) is 14.5 Å². The number of aromatic nitrogens is 2. The van der Waals surface area contributed by atoms with E-state index in [-0.39, 0.29) is 23.4 Å². The Morgan fingerprint density at radius 1 is 1.21 bits per heavy atom. The van der Waals surface area contributed by atoms with Crippen LogP contribution in [0.1, 0.15) is 36.2 Å². The molecule has 3 saturated heterocycles. The number of carbonyl (C=O) groups is 2. The molecule has 0 unspecified atom stereocenters. The lowest BCUT2D eigenvalue weighted by molar-refractivity contribution is -0.117. The molecule has 4 heterocycles. The average molecular weight is 403 g/mol. The predicted molar refractivity (Wildman–Crippen MR) is 103 cm³/mol. The largest absolute Gasteiger partial charge is 0.326 e. The Hall–Kier alpha value is -2.55. The van der Waals surface area contributed by atoms with Crippen molar-refractivity contribution in [3.8, 4) is 0 Å². The van der Waals surface area contributed by atoms with E-state index in [1.54, 1.807) is 18.2 Å². The average Bonchev–Trinajstić information content (AvgIpc) is 3.48. The van der Waals surface area contributed by atoms with Crippen molar-refractivity contribution in [2.75, 3.05) is 25.0 Å². The third-order valence-corrected chi connectivity index (χ3v) is 6.40. The maximum atomic E-state index is 13.9. The lowest BCUT2D eigenvalue weighted by Crippen LogP contribution is -2.60. The maximum Gasteiger partial charge on any atom is 0.318 e. The van der Waals surface area contributed by atoms with Gasteiger partial charge in [0, 0.05) is 23.5 Å². The number of H-pyrrole nitrogens is 1. The molecule has 1 atom stereocenters. The molecule has 7 nitrogen and oxygen atoms in total. The lowest BCUT2D eigenvalue weighted by Gasteiger charge is -2.48. The first kappa shape index (κ1) is 18.5. The van der Waals surface area contributed by atoms with Crippen LogP contribution in [0.25, 0.3) is 10.9 Å². The second kappa shape index (κ2) is 7.05. The molecule has 2 N–H and O–H groups in total. The van der Waals surface area contributed by atoms with E-state index in [0.717, 1.165) is 38.8 Å². The van der Waals surface area contributed by atoms with Crippen molar-refractivity contribution in [2.45, 2.75) is 38.3 Å². The first-order valence-corrected chi connectivity index (χ1v) is 10.1. The number of anilines is 1. The fourth-order valence-corrected chi connectivity index (χ4v) is 4.61.